The fourth-order valence-electron chi connectivity index (χ4n) is 1.20. The van der Waals surface area contributed by atoms with Gasteiger partial charge in [-0.3, -0.25) is 0 Å². The average Bonchev–Trinajstić information content (AvgIpc) is 2.29. The Bertz CT molecular complexity index is 385. The van der Waals surface area contributed by atoms with Crippen LogP contribution in [0.4, 0.5) is 24.5 Å². The van der Waals surface area contributed by atoms with Gasteiger partial charge in [0.2, 0.25) is 0 Å². The number of nitrogens with one attached hydrogen (secondary N) is 1. The summed E-state index contributed by atoms with van der Waals surface area (Å²) in [6.45, 7) is 0.617. The Hall–Kier alpha value is -1.54. The number of halogens is 3. The molecule has 0 aliphatic heterocycles. The zero-order valence-electron chi connectivity index (χ0n) is 9.50. The van der Waals surface area contributed by atoms with Gasteiger partial charge in [0, 0.05) is 6.54 Å². The molecule has 1 aromatic heterocycles. The van der Waals surface area contributed by atoms with Gasteiger partial charge in [-0.1, -0.05) is 0 Å². The van der Waals surface area contributed by atoms with Crippen LogP contribution in [-0.2, 0) is 10.9 Å². The van der Waals surface area contributed by atoms with Crippen LogP contribution in [0.2, 0.25) is 0 Å². The third-order valence-electron chi connectivity index (χ3n) is 2.02. The SMILES string of the molecule is Nc1cnc(C(F)(F)F)cc1NCCOCCO. The minimum absolute atomic E-state index is 0.102. The normalized spacial score (nSPS) is 11.6. The van der Waals surface area contributed by atoms with Crippen LogP contribution in [0.3, 0.4) is 0 Å². The van der Waals surface area contributed by atoms with Gasteiger partial charge in [0.25, 0.3) is 0 Å². The van der Waals surface area contributed by atoms with E-state index in [-0.39, 0.29) is 37.7 Å². The predicted octanol–water partition coefficient (Wildman–Crippen LogP) is 1.10. The van der Waals surface area contributed by atoms with Gasteiger partial charge in [-0.15, -0.1) is 0 Å². The molecule has 1 heterocycles. The summed E-state index contributed by atoms with van der Waals surface area (Å²) in [5.41, 5.74) is 4.78. The van der Waals surface area contributed by atoms with Gasteiger partial charge in [-0.2, -0.15) is 13.2 Å². The number of hydrogen-bond donors (Lipinski definition) is 3. The number of rotatable bonds is 6. The Morgan fingerprint density at radius 3 is 2.72 bits per heavy atom. The van der Waals surface area contributed by atoms with Crippen LogP contribution in [0, 0.1) is 0 Å². The van der Waals surface area contributed by atoms with E-state index in [4.69, 9.17) is 15.6 Å². The van der Waals surface area contributed by atoms with Crippen molar-refractivity contribution in [3.05, 3.63) is 18.0 Å². The van der Waals surface area contributed by atoms with Gasteiger partial charge < -0.3 is 20.9 Å². The van der Waals surface area contributed by atoms with E-state index in [0.717, 1.165) is 12.3 Å². The van der Waals surface area contributed by atoms with Crippen LogP contribution >= 0.6 is 0 Å². The third kappa shape index (κ3) is 4.38. The number of nitrogen functional groups attached to an aromatic ring is 1. The Balaban J connectivity index is 2.59. The molecular formula is C10H14F3N3O2. The summed E-state index contributed by atoms with van der Waals surface area (Å²) in [6, 6.07) is 0.849. The quantitative estimate of drug-likeness (QED) is 0.671. The molecule has 0 radical (unpaired) electrons. The molecule has 0 saturated heterocycles. The third-order valence-corrected chi connectivity index (χ3v) is 2.02. The van der Waals surface area contributed by atoms with Crippen molar-refractivity contribution < 1.29 is 23.0 Å². The van der Waals surface area contributed by atoms with Gasteiger partial charge in [-0.25, -0.2) is 4.98 Å². The van der Waals surface area contributed by atoms with Crippen molar-refractivity contribution in [3.8, 4) is 0 Å². The van der Waals surface area contributed by atoms with Crippen LogP contribution in [0.5, 0.6) is 0 Å². The van der Waals surface area contributed by atoms with Crippen molar-refractivity contribution in [3.63, 3.8) is 0 Å². The molecule has 18 heavy (non-hydrogen) atoms. The lowest BCUT2D eigenvalue weighted by atomic mass is 10.2. The number of aromatic nitrogens is 1. The van der Waals surface area contributed by atoms with Gasteiger partial charge >= 0.3 is 6.18 Å². The summed E-state index contributed by atoms with van der Waals surface area (Å²) in [4.78, 5) is 3.21. The first kappa shape index (κ1) is 14.5. The number of pyridine rings is 1. The molecule has 0 amide bonds. The zero-order valence-corrected chi connectivity index (χ0v) is 9.50. The Kier molecular flexibility index (Phi) is 5.17. The Morgan fingerprint density at radius 1 is 1.39 bits per heavy atom. The maximum atomic E-state index is 12.4. The Morgan fingerprint density at radius 2 is 2.11 bits per heavy atom. The highest BCUT2D eigenvalue weighted by Gasteiger charge is 2.32. The van der Waals surface area contributed by atoms with E-state index >= 15 is 0 Å². The molecule has 0 unspecified atom stereocenters. The molecule has 0 aliphatic carbocycles. The minimum atomic E-state index is -4.50. The van der Waals surface area contributed by atoms with Crippen LogP contribution in [0.25, 0.3) is 0 Å². The topological polar surface area (TPSA) is 80.4 Å². The van der Waals surface area contributed by atoms with Gasteiger partial charge in [0.1, 0.15) is 5.69 Å². The fourth-order valence-corrected chi connectivity index (χ4v) is 1.20. The van der Waals surface area contributed by atoms with Crippen molar-refractivity contribution >= 4 is 11.4 Å². The fraction of sp³-hybridized carbons (Fsp3) is 0.500. The lowest BCUT2D eigenvalue weighted by Crippen LogP contribution is -2.14. The van der Waals surface area contributed by atoms with E-state index < -0.39 is 11.9 Å². The molecule has 0 atom stereocenters. The molecule has 0 bridgehead atoms. The van der Waals surface area contributed by atoms with Crippen molar-refractivity contribution in [2.45, 2.75) is 6.18 Å². The van der Waals surface area contributed by atoms with Gasteiger partial charge in [0.05, 0.1) is 37.4 Å². The molecule has 0 spiro atoms. The highest BCUT2D eigenvalue weighted by molar-refractivity contribution is 5.65. The van der Waals surface area contributed by atoms with Crippen molar-refractivity contribution in [2.24, 2.45) is 0 Å². The molecular weight excluding hydrogens is 251 g/mol. The standard InChI is InChI=1S/C10H14F3N3O2/c11-10(12,13)9-5-8(7(14)6-16-9)15-1-3-18-4-2-17/h5-6,17H,1-4,14H2,(H,15,16). The molecule has 4 N–H and O–H groups in total. The number of ether oxygens (including phenoxy) is 1. The molecule has 0 aliphatic rings. The zero-order chi connectivity index (χ0) is 13.6. The summed E-state index contributed by atoms with van der Waals surface area (Å²) in [5.74, 6) is 0. The van der Waals surface area contributed by atoms with Crippen LogP contribution in [0.1, 0.15) is 5.69 Å². The first-order valence-corrected chi connectivity index (χ1v) is 5.20. The molecule has 0 aromatic carbocycles. The minimum Gasteiger partial charge on any atom is -0.396 e. The molecule has 8 heteroatoms. The first-order valence-electron chi connectivity index (χ1n) is 5.20. The van der Waals surface area contributed by atoms with Gasteiger partial charge in [0.15, 0.2) is 0 Å². The number of nitrogens with two attached hydrogens (primary N) is 1. The Labute approximate surface area is 102 Å². The molecule has 1 aromatic rings. The molecule has 5 nitrogen and oxygen atoms in total. The number of aliphatic hydroxyl groups is 1. The second kappa shape index (κ2) is 6.41. The highest BCUT2D eigenvalue weighted by Crippen LogP contribution is 2.30. The summed E-state index contributed by atoms with van der Waals surface area (Å²) < 4.78 is 42.2. The summed E-state index contributed by atoms with van der Waals surface area (Å²) in [5, 5.41) is 11.2. The molecule has 0 saturated carbocycles. The lowest BCUT2D eigenvalue weighted by Gasteiger charge is -2.12. The smallest absolute Gasteiger partial charge is 0.396 e. The number of aliphatic hydroxyl groups excluding tert-OH is 1. The van der Waals surface area contributed by atoms with Crippen molar-refractivity contribution in [2.75, 3.05) is 37.4 Å². The van der Waals surface area contributed by atoms with Crippen LogP contribution in [-0.4, -0.2) is 36.5 Å². The van der Waals surface area contributed by atoms with Crippen molar-refractivity contribution in [1.82, 2.24) is 4.98 Å². The second-order valence-corrected chi connectivity index (χ2v) is 3.42. The van der Waals surface area contributed by atoms with E-state index in [0.29, 0.717) is 0 Å². The number of alkyl halides is 3. The highest BCUT2D eigenvalue weighted by atomic mass is 19.4. The lowest BCUT2D eigenvalue weighted by molar-refractivity contribution is -0.141. The summed E-state index contributed by atoms with van der Waals surface area (Å²) >= 11 is 0. The predicted molar refractivity (Wildman–Crippen MR) is 60.0 cm³/mol. The number of hydrogen-bond acceptors (Lipinski definition) is 5. The first-order chi connectivity index (χ1) is 8.45. The van der Waals surface area contributed by atoms with E-state index in [9.17, 15) is 13.2 Å². The molecule has 1 rings (SSSR count). The van der Waals surface area contributed by atoms with E-state index in [1.807, 2.05) is 0 Å². The summed E-state index contributed by atoms with van der Waals surface area (Å²) in [6.07, 6.45) is -3.54. The second-order valence-electron chi connectivity index (χ2n) is 3.42. The maximum absolute atomic E-state index is 12.4. The van der Waals surface area contributed by atoms with Crippen molar-refractivity contribution in [1.29, 1.82) is 0 Å². The number of nitrogens with zero attached hydrogens (tertiary/aromatic N) is 1. The monoisotopic (exact) mass is 265 g/mol. The summed E-state index contributed by atoms with van der Waals surface area (Å²) in [7, 11) is 0. The molecule has 0 fully saturated rings. The largest absolute Gasteiger partial charge is 0.433 e. The van der Waals surface area contributed by atoms with Gasteiger partial charge in [-0.05, 0) is 6.07 Å². The van der Waals surface area contributed by atoms with E-state index in [2.05, 4.69) is 10.3 Å². The molecule has 102 valence electrons. The number of anilines is 2. The maximum Gasteiger partial charge on any atom is 0.433 e. The van der Waals surface area contributed by atoms with E-state index in [1.165, 1.54) is 0 Å². The van der Waals surface area contributed by atoms with Crippen LogP contribution < -0.4 is 11.1 Å². The van der Waals surface area contributed by atoms with Crippen LogP contribution in [0.15, 0.2) is 12.3 Å². The average molecular weight is 265 g/mol. The van der Waals surface area contributed by atoms with E-state index in [1.54, 1.807) is 0 Å².